The molecule has 0 aliphatic carbocycles. The molecule has 0 bridgehead atoms. The van der Waals surface area contributed by atoms with Gasteiger partial charge >= 0.3 is 0 Å². The fourth-order valence-corrected chi connectivity index (χ4v) is 2.75. The summed E-state index contributed by atoms with van der Waals surface area (Å²) in [5.74, 6) is 1.02. The Morgan fingerprint density at radius 2 is 1.71 bits per heavy atom. The third-order valence-electron chi connectivity index (χ3n) is 4.24. The highest BCUT2D eigenvalue weighted by molar-refractivity contribution is 5.77. The quantitative estimate of drug-likeness (QED) is 0.735. The van der Waals surface area contributed by atoms with E-state index >= 15 is 0 Å². The van der Waals surface area contributed by atoms with Gasteiger partial charge in [-0.2, -0.15) is 0 Å². The molecule has 0 radical (unpaired) electrons. The lowest BCUT2D eigenvalue weighted by atomic mass is 9.90. The van der Waals surface area contributed by atoms with Gasteiger partial charge in [0.2, 0.25) is 5.91 Å². The Morgan fingerprint density at radius 1 is 1.12 bits per heavy atom. The minimum Gasteiger partial charge on any atom is -0.343 e. The molecule has 0 saturated carbocycles. The third kappa shape index (κ3) is 3.21. The van der Waals surface area contributed by atoms with Gasteiger partial charge in [0.15, 0.2) is 0 Å². The lowest BCUT2D eigenvalue weighted by Gasteiger charge is -2.41. The van der Waals surface area contributed by atoms with Gasteiger partial charge in [-0.25, -0.2) is 0 Å². The molecule has 2 fully saturated rings. The topological polar surface area (TPSA) is 23.6 Å². The van der Waals surface area contributed by atoms with Crippen molar-refractivity contribution < 1.29 is 4.79 Å². The van der Waals surface area contributed by atoms with Crippen LogP contribution in [0, 0.1) is 5.92 Å². The highest BCUT2D eigenvalue weighted by Gasteiger charge is 2.29. The second-order valence-corrected chi connectivity index (χ2v) is 6.54. The Hall–Kier alpha value is -0.570. The number of hydrogen-bond donors (Lipinski definition) is 0. The van der Waals surface area contributed by atoms with Crippen LogP contribution in [-0.4, -0.2) is 47.4 Å². The molecule has 0 N–H and O–H groups in total. The van der Waals surface area contributed by atoms with Crippen LogP contribution in [0.3, 0.4) is 0 Å². The number of hydrogen-bond acceptors (Lipinski definition) is 2. The van der Waals surface area contributed by atoms with Gasteiger partial charge in [-0.1, -0.05) is 0 Å². The fraction of sp³-hybridized carbons (Fsp3) is 0.929. The first kappa shape index (κ1) is 12.9. The van der Waals surface area contributed by atoms with E-state index in [2.05, 4.69) is 25.7 Å². The molecule has 98 valence electrons. The standard InChI is InChI=1S/C14H26N2O/c1-14(2,3)16-9-5-12(6-10-16)11-13(17)15-7-4-8-15/h12H,4-11H2,1-3H3. The molecule has 3 nitrogen and oxygen atoms in total. The van der Waals surface area contributed by atoms with E-state index in [9.17, 15) is 4.79 Å². The molecule has 2 rings (SSSR count). The molecule has 2 heterocycles. The molecule has 0 spiro atoms. The summed E-state index contributed by atoms with van der Waals surface area (Å²) < 4.78 is 0. The van der Waals surface area contributed by atoms with Crippen LogP contribution in [-0.2, 0) is 4.79 Å². The second kappa shape index (κ2) is 4.97. The summed E-state index contributed by atoms with van der Waals surface area (Å²) in [6.45, 7) is 11.1. The van der Waals surface area contributed by atoms with Crippen molar-refractivity contribution in [3.63, 3.8) is 0 Å². The zero-order valence-electron chi connectivity index (χ0n) is 11.5. The zero-order valence-corrected chi connectivity index (χ0v) is 11.5. The van der Waals surface area contributed by atoms with Crippen molar-refractivity contribution in [3.8, 4) is 0 Å². The van der Waals surface area contributed by atoms with Gasteiger partial charge in [0.25, 0.3) is 0 Å². The number of likely N-dealkylation sites (tertiary alicyclic amines) is 2. The zero-order chi connectivity index (χ0) is 12.5. The maximum absolute atomic E-state index is 11.9. The minimum atomic E-state index is 0.284. The van der Waals surface area contributed by atoms with Gasteiger partial charge in [-0.05, 0) is 59.0 Å². The first-order valence-corrected chi connectivity index (χ1v) is 6.99. The number of carbonyl (C=O) groups excluding carboxylic acids is 1. The number of nitrogens with zero attached hydrogens (tertiary/aromatic N) is 2. The van der Waals surface area contributed by atoms with Crippen LogP contribution in [0.25, 0.3) is 0 Å². The SMILES string of the molecule is CC(C)(C)N1CCC(CC(=O)N2CCC2)CC1. The van der Waals surface area contributed by atoms with E-state index in [-0.39, 0.29) is 5.54 Å². The van der Waals surface area contributed by atoms with Crippen LogP contribution in [0.5, 0.6) is 0 Å². The summed E-state index contributed by atoms with van der Waals surface area (Å²) >= 11 is 0. The van der Waals surface area contributed by atoms with Crippen molar-refractivity contribution in [3.05, 3.63) is 0 Å². The predicted molar refractivity (Wildman–Crippen MR) is 69.9 cm³/mol. The molecule has 0 atom stereocenters. The van der Waals surface area contributed by atoms with Crippen LogP contribution < -0.4 is 0 Å². The van der Waals surface area contributed by atoms with Crippen molar-refractivity contribution in [2.24, 2.45) is 5.92 Å². The minimum absolute atomic E-state index is 0.284. The van der Waals surface area contributed by atoms with E-state index < -0.39 is 0 Å². The number of piperidine rings is 1. The number of carbonyl (C=O) groups is 1. The van der Waals surface area contributed by atoms with Crippen molar-refractivity contribution in [2.45, 2.75) is 52.0 Å². The summed E-state index contributed by atoms with van der Waals surface area (Å²) in [6.07, 6.45) is 4.37. The largest absolute Gasteiger partial charge is 0.343 e. The van der Waals surface area contributed by atoms with Gasteiger partial charge in [-0.3, -0.25) is 9.69 Å². The second-order valence-electron chi connectivity index (χ2n) is 6.54. The molecule has 17 heavy (non-hydrogen) atoms. The third-order valence-corrected chi connectivity index (χ3v) is 4.24. The molecule has 0 aromatic carbocycles. The molecule has 0 aromatic heterocycles. The van der Waals surface area contributed by atoms with Gasteiger partial charge in [-0.15, -0.1) is 0 Å². The van der Waals surface area contributed by atoms with Crippen LogP contribution in [0.2, 0.25) is 0 Å². The Morgan fingerprint density at radius 3 is 2.12 bits per heavy atom. The molecular formula is C14H26N2O. The van der Waals surface area contributed by atoms with Crippen LogP contribution in [0.1, 0.15) is 46.5 Å². The summed E-state index contributed by atoms with van der Waals surface area (Å²) in [6, 6.07) is 0. The van der Waals surface area contributed by atoms with E-state index in [0.29, 0.717) is 11.8 Å². The molecule has 0 aromatic rings. The van der Waals surface area contributed by atoms with Crippen LogP contribution in [0.15, 0.2) is 0 Å². The monoisotopic (exact) mass is 238 g/mol. The predicted octanol–water partition coefficient (Wildman–Crippen LogP) is 2.12. The van der Waals surface area contributed by atoms with E-state index in [0.717, 1.165) is 32.6 Å². The smallest absolute Gasteiger partial charge is 0.222 e. The van der Waals surface area contributed by atoms with Gasteiger partial charge in [0, 0.05) is 25.0 Å². The van der Waals surface area contributed by atoms with Crippen LogP contribution in [0.4, 0.5) is 0 Å². The van der Waals surface area contributed by atoms with E-state index in [1.807, 2.05) is 4.90 Å². The van der Waals surface area contributed by atoms with E-state index in [1.54, 1.807) is 0 Å². The van der Waals surface area contributed by atoms with E-state index in [1.165, 1.54) is 19.3 Å². The number of rotatable bonds is 2. The molecule has 3 heteroatoms. The molecule has 2 aliphatic rings. The maximum Gasteiger partial charge on any atom is 0.222 e. The van der Waals surface area contributed by atoms with Crippen molar-refractivity contribution >= 4 is 5.91 Å². The normalized spacial score (nSPS) is 23.6. The van der Waals surface area contributed by atoms with Crippen LogP contribution >= 0.6 is 0 Å². The van der Waals surface area contributed by atoms with Gasteiger partial charge < -0.3 is 4.90 Å². The average molecular weight is 238 g/mol. The Bertz CT molecular complexity index is 270. The average Bonchev–Trinajstić information content (AvgIpc) is 2.13. The first-order chi connectivity index (χ1) is 7.97. The summed E-state index contributed by atoms with van der Waals surface area (Å²) in [5, 5.41) is 0. The van der Waals surface area contributed by atoms with Crippen molar-refractivity contribution in [1.82, 2.24) is 9.80 Å². The summed E-state index contributed by atoms with van der Waals surface area (Å²) in [5.41, 5.74) is 0.284. The first-order valence-electron chi connectivity index (χ1n) is 6.99. The van der Waals surface area contributed by atoms with Crippen molar-refractivity contribution in [1.29, 1.82) is 0 Å². The lowest BCUT2D eigenvalue weighted by molar-refractivity contribution is -0.136. The molecule has 2 aliphatic heterocycles. The highest BCUT2D eigenvalue weighted by atomic mass is 16.2. The van der Waals surface area contributed by atoms with Gasteiger partial charge in [0.1, 0.15) is 0 Å². The molecule has 1 amide bonds. The summed E-state index contributed by atoms with van der Waals surface area (Å²) in [4.78, 5) is 16.4. The molecule has 0 unspecified atom stereocenters. The molecular weight excluding hydrogens is 212 g/mol. The van der Waals surface area contributed by atoms with Gasteiger partial charge in [0.05, 0.1) is 0 Å². The Kier molecular flexibility index (Phi) is 3.76. The Labute approximate surface area is 105 Å². The lowest BCUT2D eigenvalue weighted by Crippen LogP contribution is -2.47. The molecule has 2 saturated heterocycles. The highest BCUT2D eigenvalue weighted by Crippen LogP contribution is 2.26. The Balaban J connectivity index is 1.73. The fourth-order valence-electron chi connectivity index (χ4n) is 2.75. The van der Waals surface area contributed by atoms with E-state index in [4.69, 9.17) is 0 Å². The van der Waals surface area contributed by atoms with Crippen molar-refractivity contribution in [2.75, 3.05) is 26.2 Å². The number of amides is 1. The summed E-state index contributed by atoms with van der Waals surface area (Å²) in [7, 11) is 0. The maximum atomic E-state index is 11.9.